The smallest absolute Gasteiger partial charge is 0.335 e. The number of hydrogen-bond acceptors (Lipinski definition) is 4. The molecule has 0 bridgehead atoms. The first-order valence-corrected chi connectivity index (χ1v) is 9.82. The van der Waals surface area contributed by atoms with Gasteiger partial charge >= 0.3 is 12.1 Å². The predicted molar refractivity (Wildman–Crippen MR) is 104 cm³/mol. The maximum absolute atomic E-state index is 13.1. The Morgan fingerprint density at radius 2 is 2.07 bits per heavy atom. The number of alkyl halides is 3. The molecule has 1 saturated carbocycles. The van der Waals surface area contributed by atoms with E-state index >= 15 is 0 Å². The summed E-state index contributed by atoms with van der Waals surface area (Å²) in [4.78, 5) is 30.8. The van der Waals surface area contributed by atoms with Gasteiger partial charge in [-0.05, 0) is 38.3 Å². The lowest BCUT2D eigenvalue weighted by molar-refractivity contribution is -0.186. The highest BCUT2D eigenvalue weighted by Crippen LogP contribution is 2.35. The van der Waals surface area contributed by atoms with Crippen molar-refractivity contribution < 1.29 is 22.8 Å². The summed E-state index contributed by atoms with van der Waals surface area (Å²) in [7, 11) is 1.12. The zero-order valence-corrected chi connectivity index (χ0v) is 17.2. The molecule has 1 aliphatic rings. The van der Waals surface area contributed by atoms with Crippen molar-refractivity contribution >= 4 is 29.1 Å². The third-order valence-electron chi connectivity index (χ3n) is 5.30. The van der Waals surface area contributed by atoms with Crippen LogP contribution in [0, 0.1) is 5.92 Å². The highest BCUT2D eigenvalue weighted by molar-refractivity contribution is 6.32. The van der Waals surface area contributed by atoms with Gasteiger partial charge < -0.3 is 9.80 Å². The number of carbonyl (C=O) groups excluding carboxylic acids is 2. The van der Waals surface area contributed by atoms with Crippen molar-refractivity contribution in [1.29, 1.82) is 0 Å². The second-order valence-electron chi connectivity index (χ2n) is 7.12. The normalized spacial score (nSPS) is 19.0. The molecule has 0 aromatic carbocycles. The molecule has 0 N–H and O–H groups in total. The van der Waals surface area contributed by atoms with Gasteiger partial charge in [0.15, 0.2) is 5.15 Å². The minimum absolute atomic E-state index is 0.132. The summed E-state index contributed by atoms with van der Waals surface area (Å²) >= 11 is 6.27. The molecule has 0 saturated heterocycles. The molecule has 3 rings (SSSR count). The zero-order valence-electron chi connectivity index (χ0n) is 16.4. The molecule has 1 fully saturated rings. The molecular weight excluding hydrogens is 423 g/mol. The van der Waals surface area contributed by atoms with Gasteiger partial charge in [0.2, 0.25) is 5.91 Å². The van der Waals surface area contributed by atoms with Crippen LogP contribution in [0.4, 0.5) is 18.9 Å². The number of nitrogens with zero attached hydrogens (tertiary/aromatic N) is 5. The molecule has 162 valence electrons. The fourth-order valence-electron chi connectivity index (χ4n) is 3.71. The van der Waals surface area contributed by atoms with Crippen molar-refractivity contribution in [3.8, 4) is 5.69 Å². The van der Waals surface area contributed by atoms with Crippen LogP contribution in [0.2, 0.25) is 5.15 Å². The summed E-state index contributed by atoms with van der Waals surface area (Å²) in [6.45, 7) is 2.09. The van der Waals surface area contributed by atoms with Gasteiger partial charge in [0, 0.05) is 31.7 Å². The molecule has 30 heavy (non-hydrogen) atoms. The number of pyridine rings is 1. The maximum Gasteiger partial charge on any atom is 0.471 e. The zero-order chi connectivity index (χ0) is 22.1. The number of rotatable bonds is 5. The molecule has 2 aromatic heterocycles. The molecular formula is C19H21ClF3N5O2. The van der Waals surface area contributed by atoms with Crippen molar-refractivity contribution in [3.05, 3.63) is 35.9 Å². The average Bonchev–Trinajstić information content (AvgIpc) is 3.35. The molecule has 7 nitrogen and oxygen atoms in total. The fourth-order valence-corrected chi connectivity index (χ4v) is 3.94. The first-order chi connectivity index (χ1) is 14.1. The highest BCUT2D eigenvalue weighted by Gasteiger charge is 2.45. The van der Waals surface area contributed by atoms with E-state index < -0.39 is 24.0 Å². The van der Waals surface area contributed by atoms with Gasteiger partial charge in [-0.3, -0.25) is 14.6 Å². The maximum atomic E-state index is 13.1. The Bertz CT molecular complexity index is 919. The van der Waals surface area contributed by atoms with Crippen LogP contribution in [0.25, 0.3) is 5.69 Å². The summed E-state index contributed by atoms with van der Waals surface area (Å²) in [6, 6.07) is 2.89. The van der Waals surface area contributed by atoms with Crippen molar-refractivity contribution in [2.45, 2.75) is 38.4 Å². The molecule has 11 heteroatoms. The number of hydrogen-bond donors (Lipinski definition) is 0. The van der Waals surface area contributed by atoms with Crippen molar-refractivity contribution in [2.75, 3.05) is 18.5 Å². The third-order valence-corrected chi connectivity index (χ3v) is 5.57. The quantitative estimate of drug-likeness (QED) is 0.709. The van der Waals surface area contributed by atoms with E-state index in [0.29, 0.717) is 35.7 Å². The second kappa shape index (κ2) is 8.63. The highest BCUT2D eigenvalue weighted by atomic mass is 35.5. The topological polar surface area (TPSA) is 71.3 Å². The Morgan fingerprint density at radius 3 is 2.67 bits per heavy atom. The van der Waals surface area contributed by atoms with Crippen molar-refractivity contribution in [2.24, 2.45) is 5.92 Å². The van der Waals surface area contributed by atoms with E-state index in [0.717, 1.165) is 7.05 Å². The Kier molecular flexibility index (Phi) is 6.35. The second-order valence-corrected chi connectivity index (χ2v) is 7.48. The molecule has 2 heterocycles. The summed E-state index contributed by atoms with van der Waals surface area (Å²) in [6.07, 6.45) is 0.794. The van der Waals surface area contributed by atoms with Gasteiger partial charge in [-0.25, -0.2) is 4.68 Å². The van der Waals surface area contributed by atoms with E-state index in [1.54, 1.807) is 37.6 Å². The largest absolute Gasteiger partial charge is 0.471 e. The Morgan fingerprint density at radius 1 is 1.33 bits per heavy atom. The molecule has 2 unspecified atom stereocenters. The lowest BCUT2D eigenvalue weighted by atomic mass is 10.1. The predicted octanol–water partition coefficient (Wildman–Crippen LogP) is 3.46. The molecule has 0 spiro atoms. The molecule has 1 aliphatic carbocycles. The standard InChI is InChI=1S/C19H21ClF3N5O2/c1-3-27(15-11-28(25-16(15)20)14-5-4-8-24-10-14)17(29)12-6-7-13(9-12)26(2)18(30)19(21,22)23/h4-5,8,10-13H,3,6-7,9H2,1-2H3. The van der Waals surface area contributed by atoms with Gasteiger partial charge in [0.25, 0.3) is 0 Å². The number of aromatic nitrogens is 3. The van der Waals surface area contributed by atoms with Crippen LogP contribution in [0.15, 0.2) is 30.7 Å². The van der Waals surface area contributed by atoms with Crippen LogP contribution in [0.1, 0.15) is 26.2 Å². The van der Waals surface area contributed by atoms with Gasteiger partial charge in [-0.1, -0.05) is 11.6 Å². The SMILES string of the molecule is CCN(C(=O)C1CCC(N(C)C(=O)C(F)(F)F)C1)c1cn(-c2cccnc2)nc1Cl. The van der Waals surface area contributed by atoms with Crippen molar-refractivity contribution in [3.63, 3.8) is 0 Å². The van der Waals surface area contributed by atoms with Crippen LogP contribution in [0.5, 0.6) is 0 Å². The molecule has 2 atom stereocenters. The summed E-state index contributed by atoms with van der Waals surface area (Å²) in [5, 5.41) is 4.35. The van der Waals surface area contributed by atoms with E-state index in [-0.39, 0.29) is 17.5 Å². The molecule has 0 radical (unpaired) electrons. The lowest BCUT2D eigenvalue weighted by Crippen LogP contribution is -2.44. The Labute approximate surface area is 176 Å². The fraction of sp³-hybridized carbons (Fsp3) is 0.474. The number of amides is 2. The first-order valence-electron chi connectivity index (χ1n) is 9.44. The van der Waals surface area contributed by atoms with Gasteiger partial charge in [0.05, 0.1) is 18.1 Å². The molecule has 2 amide bonds. The van der Waals surface area contributed by atoms with Crippen LogP contribution < -0.4 is 4.90 Å². The minimum atomic E-state index is -4.93. The Hall–Kier alpha value is -2.62. The van der Waals surface area contributed by atoms with Gasteiger partial charge in [-0.15, -0.1) is 0 Å². The van der Waals surface area contributed by atoms with Crippen LogP contribution >= 0.6 is 11.6 Å². The van der Waals surface area contributed by atoms with E-state index in [9.17, 15) is 22.8 Å². The van der Waals surface area contributed by atoms with Gasteiger partial charge in [0.1, 0.15) is 5.69 Å². The van der Waals surface area contributed by atoms with E-state index in [1.807, 2.05) is 0 Å². The lowest BCUT2D eigenvalue weighted by Gasteiger charge is -2.26. The Balaban J connectivity index is 1.75. The van der Waals surface area contributed by atoms with E-state index in [4.69, 9.17) is 11.6 Å². The van der Waals surface area contributed by atoms with E-state index in [2.05, 4.69) is 10.1 Å². The van der Waals surface area contributed by atoms with Crippen LogP contribution in [-0.4, -0.2) is 57.3 Å². The van der Waals surface area contributed by atoms with Crippen molar-refractivity contribution in [1.82, 2.24) is 19.7 Å². The van der Waals surface area contributed by atoms with Crippen LogP contribution in [0.3, 0.4) is 0 Å². The first kappa shape index (κ1) is 22.1. The minimum Gasteiger partial charge on any atom is -0.335 e. The number of carbonyl (C=O) groups is 2. The number of anilines is 1. The molecule has 0 aliphatic heterocycles. The van der Waals surface area contributed by atoms with Crippen LogP contribution in [-0.2, 0) is 9.59 Å². The monoisotopic (exact) mass is 443 g/mol. The van der Waals surface area contributed by atoms with Gasteiger partial charge in [-0.2, -0.15) is 18.3 Å². The average molecular weight is 444 g/mol. The van der Waals surface area contributed by atoms with E-state index in [1.165, 1.54) is 9.58 Å². The molecule has 2 aromatic rings. The number of halogens is 4. The summed E-state index contributed by atoms with van der Waals surface area (Å²) in [5.74, 6) is -2.65. The summed E-state index contributed by atoms with van der Waals surface area (Å²) < 4.78 is 39.6. The third kappa shape index (κ3) is 4.43. The summed E-state index contributed by atoms with van der Waals surface area (Å²) in [5.41, 5.74) is 1.08.